The Labute approximate surface area is 189 Å². The summed E-state index contributed by atoms with van der Waals surface area (Å²) in [5.74, 6) is 0.632. The summed E-state index contributed by atoms with van der Waals surface area (Å²) >= 11 is 1.16. The van der Waals surface area contributed by atoms with Crippen LogP contribution in [-0.4, -0.2) is 77.1 Å². The highest BCUT2D eigenvalue weighted by Gasteiger charge is 2.49. The Morgan fingerprint density at radius 1 is 1.25 bits per heavy atom. The zero-order valence-electron chi connectivity index (χ0n) is 18.2. The van der Waals surface area contributed by atoms with Crippen LogP contribution in [0.4, 0.5) is 10.5 Å². The summed E-state index contributed by atoms with van der Waals surface area (Å²) in [4.78, 5) is 47.9. The highest BCUT2D eigenvalue weighted by Crippen LogP contribution is 2.33. The fourth-order valence-corrected chi connectivity index (χ4v) is 4.30. The molecule has 0 radical (unpaired) electrons. The van der Waals surface area contributed by atoms with Crippen molar-refractivity contribution in [3.05, 3.63) is 18.2 Å². The molecular formula is C21H24N5O5S+. The summed E-state index contributed by atoms with van der Waals surface area (Å²) in [5, 5.41) is 3.28. The van der Waals surface area contributed by atoms with E-state index < -0.39 is 17.9 Å². The molecule has 1 aromatic carbocycles. The van der Waals surface area contributed by atoms with E-state index in [2.05, 4.69) is 15.3 Å². The topological polar surface area (TPSA) is 113 Å². The number of anilines is 1. The maximum Gasteiger partial charge on any atom is 0.445 e. The molecule has 3 aliphatic heterocycles. The van der Waals surface area contributed by atoms with Crippen molar-refractivity contribution in [1.29, 1.82) is 0 Å². The number of amidine groups is 2. The molecule has 1 unspecified atom stereocenters. The minimum absolute atomic E-state index is 0.0103. The molecule has 1 aromatic rings. The standard InChI is InChI=1S/C21H23N5O5S/c1-11(2)17-23-18-16(20(28)26(4)21(29)25(18)3)19(24-17)32-10-15(27)22-12-5-6-13-14(9-12)31-8-7-30-13/h5-6,9,11,16H,7-8,10H2,1-4H3/p+1. The van der Waals surface area contributed by atoms with Gasteiger partial charge >= 0.3 is 11.9 Å². The molecule has 0 aliphatic carbocycles. The predicted molar refractivity (Wildman–Crippen MR) is 121 cm³/mol. The zero-order valence-corrected chi connectivity index (χ0v) is 19.1. The molecule has 10 nitrogen and oxygen atoms in total. The second-order valence-corrected chi connectivity index (χ2v) is 8.80. The van der Waals surface area contributed by atoms with Crippen molar-refractivity contribution in [2.45, 2.75) is 13.8 Å². The highest BCUT2D eigenvalue weighted by atomic mass is 32.2. The van der Waals surface area contributed by atoms with Crippen LogP contribution in [0, 0.1) is 11.8 Å². The van der Waals surface area contributed by atoms with Crippen molar-refractivity contribution in [1.82, 2.24) is 4.90 Å². The number of aliphatic imine (C=N–C) groups is 2. The SMILES string of the molecule is CC(C)C1=NC2=[N+](C)C(=O)N(C)C(=O)C2C(SCC(=O)Nc2ccc3c(c2)OCCO3)=N1. The average molecular weight is 459 g/mol. The molecule has 1 N–H and O–H groups in total. The number of benzene rings is 1. The lowest BCUT2D eigenvalue weighted by molar-refractivity contribution is -0.407. The Balaban J connectivity index is 1.51. The van der Waals surface area contributed by atoms with Gasteiger partial charge in [0.15, 0.2) is 17.4 Å². The van der Waals surface area contributed by atoms with E-state index >= 15 is 0 Å². The quantitative estimate of drug-likeness (QED) is 0.689. The van der Waals surface area contributed by atoms with Crippen LogP contribution in [-0.2, 0) is 9.59 Å². The van der Waals surface area contributed by atoms with Gasteiger partial charge in [0.05, 0.1) is 19.8 Å². The maximum atomic E-state index is 12.8. The number of ether oxygens (including phenoxy) is 2. The van der Waals surface area contributed by atoms with Crippen molar-refractivity contribution >= 4 is 52.0 Å². The lowest BCUT2D eigenvalue weighted by Crippen LogP contribution is -2.55. The lowest BCUT2D eigenvalue weighted by Gasteiger charge is -2.26. The number of hydrogen-bond acceptors (Lipinski definition) is 8. The van der Waals surface area contributed by atoms with Crippen LogP contribution in [0.5, 0.6) is 11.5 Å². The van der Waals surface area contributed by atoms with Gasteiger partial charge in [-0.1, -0.05) is 30.6 Å². The summed E-state index contributed by atoms with van der Waals surface area (Å²) in [5.41, 5.74) is 0.584. The fourth-order valence-electron chi connectivity index (χ4n) is 3.42. The Hall–Kier alpha value is -3.21. The Morgan fingerprint density at radius 2 is 1.97 bits per heavy atom. The first kappa shape index (κ1) is 22.0. The van der Waals surface area contributed by atoms with E-state index in [1.807, 2.05) is 13.8 Å². The number of carbonyl (C=O) groups excluding carboxylic acids is 3. The number of carbonyl (C=O) groups is 3. The molecule has 1 atom stereocenters. The van der Waals surface area contributed by atoms with Gasteiger partial charge in [0.25, 0.3) is 5.84 Å². The van der Waals surface area contributed by atoms with Gasteiger partial charge in [0, 0.05) is 17.7 Å². The molecule has 168 valence electrons. The first-order valence-electron chi connectivity index (χ1n) is 10.2. The van der Waals surface area contributed by atoms with E-state index in [-0.39, 0.29) is 17.6 Å². The van der Waals surface area contributed by atoms with Gasteiger partial charge in [-0.25, -0.2) is 9.79 Å². The smallest absolute Gasteiger partial charge is 0.445 e. The third-order valence-corrected chi connectivity index (χ3v) is 6.18. The Kier molecular flexibility index (Phi) is 6.00. The summed E-state index contributed by atoms with van der Waals surface area (Å²) < 4.78 is 12.4. The summed E-state index contributed by atoms with van der Waals surface area (Å²) in [7, 11) is 3.01. The van der Waals surface area contributed by atoms with Crippen molar-refractivity contribution in [3.63, 3.8) is 0 Å². The number of fused-ring (bicyclic) bond motifs is 2. The summed E-state index contributed by atoms with van der Waals surface area (Å²) in [6, 6.07) is 4.75. The van der Waals surface area contributed by atoms with E-state index in [1.54, 1.807) is 25.2 Å². The van der Waals surface area contributed by atoms with Gasteiger partial charge in [0.2, 0.25) is 11.7 Å². The number of imide groups is 1. The van der Waals surface area contributed by atoms with Gasteiger partial charge in [-0.15, -0.1) is 0 Å². The van der Waals surface area contributed by atoms with Crippen LogP contribution in [0.2, 0.25) is 0 Å². The molecule has 11 heteroatoms. The van der Waals surface area contributed by atoms with Crippen molar-refractivity contribution in [2.24, 2.45) is 21.8 Å². The van der Waals surface area contributed by atoms with Gasteiger partial charge in [-0.2, -0.15) is 9.48 Å². The number of nitrogens with zero attached hydrogens (tertiary/aromatic N) is 4. The second kappa shape index (κ2) is 8.73. The molecule has 32 heavy (non-hydrogen) atoms. The molecule has 0 spiro atoms. The fraction of sp³-hybridized carbons (Fsp3) is 0.429. The number of thioether (sulfide) groups is 1. The van der Waals surface area contributed by atoms with Crippen LogP contribution in [0.1, 0.15) is 13.8 Å². The first-order valence-corrected chi connectivity index (χ1v) is 11.2. The third kappa shape index (κ3) is 4.12. The summed E-state index contributed by atoms with van der Waals surface area (Å²) in [6.45, 7) is 4.81. The number of rotatable bonds is 4. The van der Waals surface area contributed by atoms with E-state index in [9.17, 15) is 14.4 Å². The maximum absolute atomic E-state index is 12.8. The van der Waals surface area contributed by atoms with Gasteiger partial charge < -0.3 is 14.8 Å². The minimum Gasteiger partial charge on any atom is -0.486 e. The van der Waals surface area contributed by atoms with Crippen molar-refractivity contribution in [2.75, 3.05) is 38.4 Å². The van der Waals surface area contributed by atoms with Crippen LogP contribution in [0.15, 0.2) is 28.2 Å². The van der Waals surface area contributed by atoms with Gasteiger partial charge in [-0.3, -0.25) is 9.59 Å². The van der Waals surface area contributed by atoms with Crippen LogP contribution in [0.25, 0.3) is 0 Å². The number of nitrogens with one attached hydrogen (secondary N) is 1. The molecule has 0 saturated heterocycles. The lowest BCUT2D eigenvalue weighted by atomic mass is 10.0. The van der Waals surface area contributed by atoms with E-state index in [4.69, 9.17) is 9.47 Å². The second-order valence-electron chi connectivity index (χ2n) is 7.80. The number of hydrogen-bond donors (Lipinski definition) is 1. The molecule has 3 heterocycles. The number of urea groups is 1. The van der Waals surface area contributed by atoms with Crippen LogP contribution < -0.4 is 14.8 Å². The molecule has 0 aromatic heterocycles. The largest absolute Gasteiger partial charge is 0.486 e. The Morgan fingerprint density at radius 3 is 2.69 bits per heavy atom. The van der Waals surface area contributed by atoms with Crippen LogP contribution >= 0.6 is 11.8 Å². The monoisotopic (exact) mass is 458 g/mol. The molecule has 4 amide bonds. The predicted octanol–water partition coefficient (Wildman–Crippen LogP) is 1.85. The van der Waals surface area contributed by atoms with Crippen molar-refractivity contribution < 1.29 is 28.4 Å². The van der Waals surface area contributed by atoms with Crippen LogP contribution in [0.3, 0.4) is 0 Å². The minimum atomic E-state index is -0.808. The molecule has 4 rings (SSSR count). The third-order valence-electron chi connectivity index (χ3n) is 5.15. The molecule has 0 bridgehead atoms. The number of amides is 4. The molecule has 0 saturated carbocycles. The van der Waals surface area contributed by atoms with E-state index in [0.717, 1.165) is 16.7 Å². The van der Waals surface area contributed by atoms with E-state index in [0.29, 0.717) is 47.1 Å². The van der Waals surface area contributed by atoms with Crippen molar-refractivity contribution in [3.8, 4) is 11.5 Å². The first-order chi connectivity index (χ1) is 15.3. The molecule has 3 aliphatic rings. The molecular weight excluding hydrogens is 434 g/mol. The molecule has 0 fully saturated rings. The zero-order chi connectivity index (χ0) is 23.0. The Bertz CT molecular complexity index is 1090. The van der Waals surface area contributed by atoms with Gasteiger partial charge in [0.1, 0.15) is 18.3 Å². The normalized spacial score (nSPS) is 20.2. The highest BCUT2D eigenvalue weighted by molar-refractivity contribution is 8.14. The van der Waals surface area contributed by atoms with E-state index in [1.165, 1.54) is 11.6 Å². The summed E-state index contributed by atoms with van der Waals surface area (Å²) in [6.07, 6.45) is 0. The van der Waals surface area contributed by atoms with Gasteiger partial charge in [-0.05, 0) is 12.1 Å². The average Bonchev–Trinajstić information content (AvgIpc) is 2.79.